The van der Waals surface area contributed by atoms with Crippen molar-refractivity contribution in [1.82, 2.24) is 20.2 Å². The highest BCUT2D eigenvalue weighted by molar-refractivity contribution is 5.38. The van der Waals surface area contributed by atoms with Crippen molar-refractivity contribution in [1.29, 1.82) is 0 Å². The number of rotatable bonds is 1. The zero-order chi connectivity index (χ0) is 11.8. The molecule has 2 rings (SSSR count). The SMILES string of the molecule is Cc1nnnn1-c1cccc(C(C)(C)C)c1. The van der Waals surface area contributed by atoms with E-state index in [2.05, 4.69) is 48.4 Å². The molecule has 0 saturated carbocycles. The Bertz CT molecular complexity index is 494. The normalized spacial score (nSPS) is 11.8. The van der Waals surface area contributed by atoms with Gasteiger partial charge < -0.3 is 0 Å². The van der Waals surface area contributed by atoms with E-state index in [1.807, 2.05) is 19.1 Å². The van der Waals surface area contributed by atoms with Gasteiger partial charge in [0.25, 0.3) is 0 Å². The van der Waals surface area contributed by atoms with E-state index in [9.17, 15) is 0 Å². The van der Waals surface area contributed by atoms with Crippen LogP contribution < -0.4 is 0 Å². The molecule has 0 atom stereocenters. The van der Waals surface area contributed by atoms with E-state index in [0.29, 0.717) is 0 Å². The smallest absolute Gasteiger partial charge is 0.153 e. The Morgan fingerprint density at radius 1 is 1.19 bits per heavy atom. The zero-order valence-corrected chi connectivity index (χ0v) is 10.1. The van der Waals surface area contributed by atoms with Crippen molar-refractivity contribution in [2.75, 3.05) is 0 Å². The van der Waals surface area contributed by atoms with Crippen molar-refractivity contribution in [2.24, 2.45) is 0 Å². The molecule has 0 fully saturated rings. The second-order valence-electron chi connectivity index (χ2n) is 4.94. The van der Waals surface area contributed by atoms with Crippen LogP contribution in [0.4, 0.5) is 0 Å². The van der Waals surface area contributed by atoms with Gasteiger partial charge in [0, 0.05) is 0 Å². The lowest BCUT2D eigenvalue weighted by atomic mass is 9.87. The maximum atomic E-state index is 3.96. The summed E-state index contributed by atoms with van der Waals surface area (Å²) in [7, 11) is 0. The lowest BCUT2D eigenvalue weighted by Crippen LogP contribution is -2.12. The van der Waals surface area contributed by atoms with Crippen molar-refractivity contribution in [3.05, 3.63) is 35.7 Å². The molecule has 1 heterocycles. The molecule has 0 radical (unpaired) electrons. The Hall–Kier alpha value is -1.71. The predicted octanol–water partition coefficient (Wildman–Crippen LogP) is 2.27. The molecule has 0 aliphatic rings. The maximum Gasteiger partial charge on any atom is 0.153 e. The minimum absolute atomic E-state index is 0.137. The van der Waals surface area contributed by atoms with E-state index in [1.54, 1.807) is 4.68 Å². The van der Waals surface area contributed by atoms with Gasteiger partial charge in [0.15, 0.2) is 5.82 Å². The maximum absolute atomic E-state index is 3.96. The van der Waals surface area contributed by atoms with Gasteiger partial charge in [-0.2, -0.15) is 4.68 Å². The first-order valence-corrected chi connectivity index (χ1v) is 5.34. The Kier molecular flexibility index (Phi) is 2.50. The molecule has 1 aromatic heterocycles. The highest BCUT2D eigenvalue weighted by atomic mass is 15.5. The van der Waals surface area contributed by atoms with E-state index in [1.165, 1.54) is 5.56 Å². The Labute approximate surface area is 95.3 Å². The van der Waals surface area contributed by atoms with Gasteiger partial charge in [-0.1, -0.05) is 32.9 Å². The van der Waals surface area contributed by atoms with Crippen LogP contribution in [0, 0.1) is 6.92 Å². The molecule has 4 nitrogen and oxygen atoms in total. The van der Waals surface area contributed by atoms with Crippen LogP contribution in [0.1, 0.15) is 32.2 Å². The van der Waals surface area contributed by atoms with Crippen LogP contribution in [-0.2, 0) is 5.41 Å². The summed E-state index contributed by atoms with van der Waals surface area (Å²) in [6, 6.07) is 8.31. The van der Waals surface area contributed by atoms with Crippen LogP contribution in [-0.4, -0.2) is 20.2 Å². The monoisotopic (exact) mass is 216 g/mol. The predicted molar refractivity (Wildman–Crippen MR) is 62.6 cm³/mol. The lowest BCUT2D eigenvalue weighted by Gasteiger charge is -2.19. The Balaban J connectivity index is 2.49. The zero-order valence-electron chi connectivity index (χ0n) is 10.1. The average Bonchev–Trinajstić information content (AvgIpc) is 2.63. The fraction of sp³-hybridized carbons (Fsp3) is 0.417. The molecule has 16 heavy (non-hydrogen) atoms. The number of nitrogens with zero attached hydrogens (tertiary/aromatic N) is 4. The first-order valence-electron chi connectivity index (χ1n) is 5.34. The number of aromatic nitrogens is 4. The molecule has 84 valence electrons. The molecular formula is C12H16N4. The largest absolute Gasteiger partial charge is 0.198 e. The van der Waals surface area contributed by atoms with Crippen LogP contribution in [0.2, 0.25) is 0 Å². The standard InChI is InChI=1S/C12H16N4/c1-9-13-14-15-16(9)11-7-5-6-10(8-11)12(2,3)4/h5-8H,1-4H3. The van der Waals surface area contributed by atoms with Crippen LogP contribution >= 0.6 is 0 Å². The number of benzene rings is 1. The van der Waals surface area contributed by atoms with Gasteiger partial charge in [-0.3, -0.25) is 0 Å². The summed E-state index contributed by atoms with van der Waals surface area (Å²) in [6.07, 6.45) is 0. The van der Waals surface area contributed by atoms with Crippen molar-refractivity contribution in [2.45, 2.75) is 33.1 Å². The number of aryl methyl sites for hydroxylation is 1. The van der Waals surface area contributed by atoms with Gasteiger partial charge in [-0.25, -0.2) is 0 Å². The van der Waals surface area contributed by atoms with Crippen LogP contribution in [0.5, 0.6) is 0 Å². The number of hydrogen-bond donors (Lipinski definition) is 0. The summed E-state index contributed by atoms with van der Waals surface area (Å²) < 4.78 is 1.75. The molecule has 1 aromatic carbocycles. The van der Waals surface area contributed by atoms with Crippen molar-refractivity contribution in [3.8, 4) is 5.69 Å². The third-order valence-corrected chi connectivity index (χ3v) is 2.58. The minimum atomic E-state index is 0.137. The quantitative estimate of drug-likeness (QED) is 0.734. The molecule has 0 aliphatic carbocycles. The van der Waals surface area contributed by atoms with E-state index >= 15 is 0 Å². The summed E-state index contributed by atoms with van der Waals surface area (Å²) in [5.41, 5.74) is 2.42. The number of tetrazole rings is 1. The Morgan fingerprint density at radius 2 is 1.94 bits per heavy atom. The van der Waals surface area contributed by atoms with Crippen LogP contribution in [0.15, 0.2) is 24.3 Å². The molecule has 0 aliphatic heterocycles. The Morgan fingerprint density at radius 3 is 2.50 bits per heavy atom. The van der Waals surface area contributed by atoms with E-state index in [4.69, 9.17) is 0 Å². The van der Waals surface area contributed by atoms with E-state index in [-0.39, 0.29) is 5.41 Å². The molecular weight excluding hydrogens is 200 g/mol. The third kappa shape index (κ3) is 1.96. The van der Waals surface area contributed by atoms with Gasteiger partial charge in [-0.15, -0.1) is 5.10 Å². The van der Waals surface area contributed by atoms with Gasteiger partial charge in [0.2, 0.25) is 0 Å². The summed E-state index contributed by atoms with van der Waals surface area (Å²) in [5, 5.41) is 11.5. The summed E-state index contributed by atoms with van der Waals surface area (Å²) >= 11 is 0. The summed E-state index contributed by atoms with van der Waals surface area (Å²) in [6.45, 7) is 8.47. The third-order valence-electron chi connectivity index (χ3n) is 2.58. The summed E-state index contributed by atoms with van der Waals surface area (Å²) in [5.74, 6) is 0.797. The molecule has 0 spiro atoms. The van der Waals surface area contributed by atoms with Gasteiger partial charge in [0.05, 0.1) is 5.69 Å². The highest BCUT2D eigenvalue weighted by Gasteiger charge is 2.14. The average molecular weight is 216 g/mol. The highest BCUT2D eigenvalue weighted by Crippen LogP contribution is 2.23. The van der Waals surface area contributed by atoms with E-state index in [0.717, 1.165) is 11.5 Å². The minimum Gasteiger partial charge on any atom is -0.198 e. The van der Waals surface area contributed by atoms with Gasteiger partial charge in [0.1, 0.15) is 0 Å². The van der Waals surface area contributed by atoms with Crippen LogP contribution in [0.25, 0.3) is 5.69 Å². The first-order chi connectivity index (χ1) is 7.48. The number of hydrogen-bond acceptors (Lipinski definition) is 3. The summed E-state index contributed by atoms with van der Waals surface area (Å²) in [4.78, 5) is 0. The van der Waals surface area contributed by atoms with Crippen LogP contribution in [0.3, 0.4) is 0 Å². The lowest BCUT2D eigenvalue weighted by molar-refractivity contribution is 0.589. The molecule has 0 N–H and O–H groups in total. The fourth-order valence-electron chi connectivity index (χ4n) is 1.57. The molecule has 4 heteroatoms. The second kappa shape index (κ2) is 3.70. The first kappa shape index (κ1) is 10.8. The molecule has 0 saturated heterocycles. The molecule has 2 aromatic rings. The fourth-order valence-corrected chi connectivity index (χ4v) is 1.57. The van der Waals surface area contributed by atoms with Gasteiger partial charge in [-0.05, 0) is 40.5 Å². The van der Waals surface area contributed by atoms with Gasteiger partial charge >= 0.3 is 0 Å². The molecule has 0 amide bonds. The van der Waals surface area contributed by atoms with E-state index < -0.39 is 0 Å². The topological polar surface area (TPSA) is 43.6 Å². The molecule has 0 unspecified atom stereocenters. The second-order valence-corrected chi connectivity index (χ2v) is 4.94. The van der Waals surface area contributed by atoms with Crippen molar-refractivity contribution >= 4 is 0 Å². The molecule has 0 bridgehead atoms. The van der Waals surface area contributed by atoms with Crippen molar-refractivity contribution in [3.63, 3.8) is 0 Å². The van der Waals surface area contributed by atoms with Crippen molar-refractivity contribution < 1.29 is 0 Å².